The number of hydrogen-bond donors (Lipinski definition) is 2. The number of benzene rings is 1. The van der Waals surface area contributed by atoms with Gasteiger partial charge >= 0.3 is 0 Å². The van der Waals surface area contributed by atoms with Gasteiger partial charge in [0.1, 0.15) is 11.3 Å². The van der Waals surface area contributed by atoms with Gasteiger partial charge in [0.2, 0.25) is 0 Å². The lowest BCUT2D eigenvalue weighted by atomic mass is 10.0. The van der Waals surface area contributed by atoms with Crippen molar-refractivity contribution in [3.63, 3.8) is 0 Å². The zero-order valence-electron chi connectivity index (χ0n) is 11.3. The summed E-state index contributed by atoms with van der Waals surface area (Å²) in [6.07, 6.45) is 0.895. The first-order valence-electron chi connectivity index (χ1n) is 6.44. The average molecular weight is 264 g/mol. The van der Waals surface area contributed by atoms with Gasteiger partial charge in [0.25, 0.3) is 5.91 Å². The van der Waals surface area contributed by atoms with Crippen molar-refractivity contribution < 1.29 is 14.6 Å². The van der Waals surface area contributed by atoms with Gasteiger partial charge in [-0.25, -0.2) is 0 Å². The van der Waals surface area contributed by atoms with E-state index in [-0.39, 0.29) is 18.6 Å². The van der Waals surface area contributed by atoms with Crippen molar-refractivity contribution in [3.8, 4) is 5.75 Å². The van der Waals surface area contributed by atoms with E-state index >= 15 is 0 Å². The fourth-order valence-electron chi connectivity index (χ4n) is 2.63. The van der Waals surface area contributed by atoms with Crippen molar-refractivity contribution in [2.45, 2.75) is 19.4 Å². The highest BCUT2D eigenvalue weighted by atomic mass is 16.5. The lowest BCUT2D eigenvalue weighted by molar-refractivity contribution is 0.0646. The molecule has 0 spiro atoms. The second-order valence-corrected chi connectivity index (χ2v) is 4.94. The first-order valence-corrected chi connectivity index (χ1v) is 6.44. The quantitative estimate of drug-likeness (QED) is 0.802. The van der Waals surface area contributed by atoms with Gasteiger partial charge in [-0.05, 0) is 24.5 Å². The third-order valence-corrected chi connectivity index (χ3v) is 3.82. The molecule has 0 saturated carbocycles. The van der Waals surface area contributed by atoms with Crippen LogP contribution in [0.2, 0.25) is 0 Å². The number of carbonyl (C=O) groups is 1. The number of anilines is 1. The lowest BCUT2D eigenvalue weighted by Gasteiger charge is -2.26. The number of methoxy groups -OCH3 is 1. The molecule has 2 unspecified atom stereocenters. The van der Waals surface area contributed by atoms with Crippen LogP contribution in [0, 0.1) is 5.92 Å². The number of nitrogens with zero attached hydrogens (tertiary/aromatic N) is 1. The molecule has 1 heterocycles. The maximum Gasteiger partial charge on any atom is 0.260 e. The van der Waals surface area contributed by atoms with Crippen LogP contribution in [0.25, 0.3) is 0 Å². The molecular formula is C14H20N2O3. The van der Waals surface area contributed by atoms with Crippen LogP contribution in [-0.2, 0) is 0 Å². The fraction of sp³-hybridized carbons (Fsp3) is 0.500. The number of aliphatic hydroxyl groups is 1. The van der Waals surface area contributed by atoms with Crippen LogP contribution in [0.15, 0.2) is 18.2 Å². The second-order valence-electron chi connectivity index (χ2n) is 4.94. The highest BCUT2D eigenvalue weighted by Gasteiger charge is 2.35. The minimum Gasteiger partial charge on any atom is -0.496 e. The van der Waals surface area contributed by atoms with E-state index in [1.807, 2.05) is 6.92 Å². The van der Waals surface area contributed by atoms with E-state index in [4.69, 9.17) is 10.5 Å². The molecule has 1 aromatic rings. The van der Waals surface area contributed by atoms with E-state index in [1.54, 1.807) is 23.1 Å². The topological polar surface area (TPSA) is 75.8 Å². The number of carbonyl (C=O) groups excluding carboxylic acids is 1. The van der Waals surface area contributed by atoms with Gasteiger partial charge in [0, 0.05) is 12.2 Å². The first kappa shape index (κ1) is 13.7. The normalized spacial score (nSPS) is 22.6. The molecule has 2 rings (SSSR count). The predicted octanol–water partition coefficient (Wildman–Crippen LogP) is 1.12. The van der Waals surface area contributed by atoms with Crippen molar-refractivity contribution in [3.05, 3.63) is 23.8 Å². The molecular weight excluding hydrogens is 244 g/mol. The van der Waals surface area contributed by atoms with Gasteiger partial charge < -0.3 is 20.5 Å². The minimum atomic E-state index is -0.168. The van der Waals surface area contributed by atoms with E-state index in [0.717, 1.165) is 6.42 Å². The van der Waals surface area contributed by atoms with Crippen LogP contribution >= 0.6 is 0 Å². The lowest BCUT2D eigenvalue weighted by Crippen LogP contribution is -2.40. The second kappa shape index (κ2) is 5.48. The molecule has 1 aliphatic heterocycles. The Labute approximate surface area is 113 Å². The van der Waals surface area contributed by atoms with Crippen molar-refractivity contribution in [2.24, 2.45) is 5.92 Å². The summed E-state index contributed by atoms with van der Waals surface area (Å²) in [7, 11) is 1.52. The molecule has 3 N–H and O–H groups in total. The molecule has 0 radical (unpaired) electrons. The Bertz CT molecular complexity index is 476. The minimum absolute atomic E-state index is 0.0258. The molecule has 0 aliphatic carbocycles. The average Bonchev–Trinajstić information content (AvgIpc) is 2.78. The summed E-state index contributed by atoms with van der Waals surface area (Å²) < 4.78 is 5.21. The Morgan fingerprint density at radius 1 is 1.58 bits per heavy atom. The molecule has 2 atom stereocenters. The third-order valence-electron chi connectivity index (χ3n) is 3.82. The summed E-state index contributed by atoms with van der Waals surface area (Å²) in [5, 5.41) is 9.44. The van der Waals surface area contributed by atoms with Gasteiger partial charge in [0.05, 0.1) is 19.8 Å². The summed E-state index contributed by atoms with van der Waals surface area (Å²) >= 11 is 0. The fourth-order valence-corrected chi connectivity index (χ4v) is 2.63. The van der Waals surface area contributed by atoms with Crippen molar-refractivity contribution in [2.75, 3.05) is 26.0 Å². The van der Waals surface area contributed by atoms with E-state index in [1.165, 1.54) is 7.11 Å². The number of likely N-dealkylation sites (tertiary alicyclic amines) is 1. The van der Waals surface area contributed by atoms with Crippen LogP contribution in [0.5, 0.6) is 5.75 Å². The zero-order chi connectivity index (χ0) is 14.0. The van der Waals surface area contributed by atoms with Gasteiger partial charge in [-0.1, -0.05) is 13.0 Å². The van der Waals surface area contributed by atoms with Gasteiger partial charge in [-0.2, -0.15) is 0 Å². The molecule has 0 bridgehead atoms. The highest BCUT2D eigenvalue weighted by Crippen LogP contribution is 2.30. The smallest absolute Gasteiger partial charge is 0.260 e. The number of aliphatic hydroxyl groups excluding tert-OH is 1. The van der Waals surface area contributed by atoms with Gasteiger partial charge in [-0.15, -0.1) is 0 Å². The Morgan fingerprint density at radius 3 is 2.95 bits per heavy atom. The maximum absolute atomic E-state index is 12.6. The monoisotopic (exact) mass is 264 g/mol. The summed E-state index contributed by atoms with van der Waals surface area (Å²) in [5.41, 5.74) is 6.69. The molecule has 1 aliphatic rings. The summed E-state index contributed by atoms with van der Waals surface area (Å²) in [6, 6.07) is 5.01. The summed E-state index contributed by atoms with van der Waals surface area (Å²) in [4.78, 5) is 14.3. The van der Waals surface area contributed by atoms with E-state index < -0.39 is 0 Å². The predicted molar refractivity (Wildman–Crippen MR) is 73.1 cm³/mol. The number of amides is 1. The number of rotatable bonds is 3. The van der Waals surface area contributed by atoms with Crippen LogP contribution < -0.4 is 10.5 Å². The van der Waals surface area contributed by atoms with E-state index in [0.29, 0.717) is 29.5 Å². The Hall–Kier alpha value is -1.75. The number of nitrogens with two attached hydrogens (primary N) is 1. The molecule has 1 saturated heterocycles. The molecule has 104 valence electrons. The Morgan fingerprint density at radius 2 is 2.32 bits per heavy atom. The molecule has 1 fully saturated rings. The van der Waals surface area contributed by atoms with E-state index in [9.17, 15) is 9.90 Å². The number of nitrogen functional groups attached to an aromatic ring is 1. The Balaban J connectivity index is 2.35. The molecule has 1 aromatic carbocycles. The summed E-state index contributed by atoms with van der Waals surface area (Å²) in [6.45, 7) is 2.66. The zero-order valence-corrected chi connectivity index (χ0v) is 11.3. The van der Waals surface area contributed by atoms with Crippen molar-refractivity contribution >= 4 is 11.6 Å². The summed E-state index contributed by atoms with van der Waals surface area (Å²) in [5.74, 6) is 0.601. The number of ether oxygens (including phenoxy) is 1. The maximum atomic E-state index is 12.6. The first-order chi connectivity index (χ1) is 9.10. The third kappa shape index (κ3) is 2.38. The molecule has 0 aromatic heterocycles. The highest BCUT2D eigenvalue weighted by molar-refractivity contribution is 6.02. The molecule has 5 nitrogen and oxygen atoms in total. The van der Waals surface area contributed by atoms with Crippen LogP contribution in [0.1, 0.15) is 23.7 Å². The van der Waals surface area contributed by atoms with Crippen LogP contribution in [0.4, 0.5) is 5.69 Å². The van der Waals surface area contributed by atoms with Crippen molar-refractivity contribution in [1.29, 1.82) is 0 Å². The van der Waals surface area contributed by atoms with Crippen LogP contribution in [-0.4, -0.2) is 42.2 Å². The Kier molecular flexibility index (Phi) is 3.95. The van der Waals surface area contributed by atoms with E-state index in [2.05, 4.69) is 0 Å². The number of hydrogen-bond acceptors (Lipinski definition) is 4. The van der Waals surface area contributed by atoms with Gasteiger partial charge in [-0.3, -0.25) is 4.79 Å². The largest absolute Gasteiger partial charge is 0.496 e. The molecule has 1 amide bonds. The van der Waals surface area contributed by atoms with Gasteiger partial charge in [0.15, 0.2) is 0 Å². The standard InChI is InChI=1S/C14H20N2O3/c1-9-6-7-16(11(9)8-17)14(18)13-10(15)4-3-5-12(13)19-2/h3-5,9,11,17H,6-8,15H2,1-2H3. The molecule has 19 heavy (non-hydrogen) atoms. The molecule has 5 heteroatoms. The van der Waals surface area contributed by atoms with Crippen LogP contribution in [0.3, 0.4) is 0 Å². The SMILES string of the molecule is COc1cccc(N)c1C(=O)N1CCC(C)C1CO. The van der Waals surface area contributed by atoms with Crippen molar-refractivity contribution in [1.82, 2.24) is 4.90 Å².